The second kappa shape index (κ2) is 9.04. The molecule has 1 aliphatic rings. The van der Waals surface area contributed by atoms with Gasteiger partial charge >= 0.3 is 0 Å². The maximum atomic E-state index is 12.2. The van der Waals surface area contributed by atoms with E-state index >= 15 is 0 Å². The highest BCUT2D eigenvalue weighted by Gasteiger charge is 2.21. The van der Waals surface area contributed by atoms with Crippen LogP contribution in [0, 0.1) is 0 Å². The molecule has 0 unspecified atom stereocenters. The SMILES string of the molecule is COc1cccc(CNC(=O)CCCN(c2ccc3c(c2)OCO3)S(C)(=O)=O)c1. The number of hydrogen-bond donors (Lipinski definition) is 1. The molecule has 8 nitrogen and oxygen atoms in total. The Morgan fingerprint density at radius 1 is 1.17 bits per heavy atom. The third kappa shape index (κ3) is 5.54. The van der Waals surface area contributed by atoms with Crippen molar-refractivity contribution in [2.75, 3.05) is 31.0 Å². The molecule has 0 fully saturated rings. The van der Waals surface area contributed by atoms with Crippen molar-refractivity contribution in [2.24, 2.45) is 0 Å². The molecule has 1 heterocycles. The van der Waals surface area contributed by atoms with Crippen molar-refractivity contribution in [3.8, 4) is 17.2 Å². The molecule has 0 spiro atoms. The van der Waals surface area contributed by atoms with Gasteiger partial charge in [0.05, 0.1) is 19.1 Å². The Bertz CT molecular complexity index is 977. The number of nitrogens with zero attached hydrogens (tertiary/aromatic N) is 1. The summed E-state index contributed by atoms with van der Waals surface area (Å²) in [6.45, 7) is 0.685. The molecule has 0 atom stereocenters. The van der Waals surface area contributed by atoms with Crippen LogP contribution < -0.4 is 23.8 Å². The smallest absolute Gasteiger partial charge is 0.232 e. The van der Waals surface area contributed by atoms with E-state index in [4.69, 9.17) is 14.2 Å². The molecule has 0 saturated carbocycles. The quantitative estimate of drug-likeness (QED) is 0.669. The zero-order chi connectivity index (χ0) is 20.9. The highest BCUT2D eigenvalue weighted by molar-refractivity contribution is 7.92. The number of rotatable bonds is 9. The predicted octanol–water partition coefficient (Wildman–Crippen LogP) is 2.29. The van der Waals surface area contributed by atoms with Crippen molar-refractivity contribution >= 4 is 21.6 Å². The average molecular weight is 420 g/mol. The van der Waals surface area contributed by atoms with Gasteiger partial charge in [-0.2, -0.15) is 0 Å². The van der Waals surface area contributed by atoms with Gasteiger partial charge in [-0.05, 0) is 36.2 Å². The summed E-state index contributed by atoms with van der Waals surface area (Å²) in [6.07, 6.45) is 1.73. The monoisotopic (exact) mass is 420 g/mol. The molecule has 9 heteroatoms. The van der Waals surface area contributed by atoms with E-state index in [9.17, 15) is 13.2 Å². The molecule has 2 aromatic carbocycles. The molecule has 0 radical (unpaired) electrons. The Balaban J connectivity index is 1.54. The van der Waals surface area contributed by atoms with Gasteiger partial charge in [0, 0.05) is 25.6 Å². The minimum Gasteiger partial charge on any atom is -0.497 e. The first-order chi connectivity index (χ1) is 13.9. The second-order valence-electron chi connectivity index (χ2n) is 6.60. The maximum Gasteiger partial charge on any atom is 0.232 e. The number of nitrogens with one attached hydrogen (secondary N) is 1. The van der Waals surface area contributed by atoms with Crippen molar-refractivity contribution in [3.05, 3.63) is 48.0 Å². The lowest BCUT2D eigenvalue weighted by molar-refractivity contribution is -0.121. The first kappa shape index (κ1) is 20.8. The largest absolute Gasteiger partial charge is 0.497 e. The minimum absolute atomic E-state index is 0.116. The number of methoxy groups -OCH3 is 1. The molecular formula is C20H24N2O6S. The van der Waals surface area contributed by atoms with Gasteiger partial charge in [-0.3, -0.25) is 9.10 Å². The number of fused-ring (bicyclic) bond motifs is 1. The van der Waals surface area contributed by atoms with Crippen LogP contribution >= 0.6 is 0 Å². The van der Waals surface area contributed by atoms with E-state index in [-0.39, 0.29) is 25.7 Å². The summed E-state index contributed by atoms with van der Waals surface area (Å²) in [4.78, 5) is 12.1. The van der Waals surface area contributed by atoms with E-state index in [0.717, 1.165) is 17.6 Å². The van der Waals surface area contributed by atoms with E-state index in [1.807, 2.05) is 24.3 Å². The lowest BCUT2D eigenvalue weighted by Crippen LogP contribution is -2.32. The van der Waals surface area contributed by atoms with Gasteiger partial charge in [-0.1, -0.05) is 12.1 Å². The Morgan fingerprint density at radius 3 is 2.72 bits per heavy atom. The third-order valence-electron chi connectivity index (χ3n) is 4.43. The molecule has 2 aromatic rings. The van der Waals surface area contributed by atoms with Crippen molar-refractivity contribution in [1.29, 1.82) is 0 Å². The summed E-state index contributed by atoms with van der Waals surface area (Å²) in [7, 11) is -1.92. The first-order valence-electron chi connectivity index (χ1n) is 9.14. The van der Waals surface area contributed by atoms with Crippen LogP contribution in [0.1, 0.15) is 18.4 Å². The summed E-state index contributed by atoms with van der Waals surface area (Å²) < 4.78 is 41.4. The van der Waals surface area contributed by atoms with E-state index in [0.29, 0.717) is 30.2 Å². The standard InChI is InChI=1S/C20H24N2O6S/c1-26-17-6-3-5-15(11-17)13-21-20(23)7-4-10-22(29(2,24)25)16-8-9-18-19(12-16)28-14-27-18/h3,5-6,8-9,11-12H,4,7,10,13-14H2,1-2H3,(H,21,23). The maximum absolute atomic E-state index is 12.2. The van der Waals surface area contributed by atoms with Gasteiger partial charge in [-0.15, -0.1) is 0 Å². The van der Waals surface area contributed by atoms with E-state index in [1.54, 1.807) is 25.3 Å². The highest BCUT2D eigenvalue weighted by atomic mass is 32.2. The summed E-state index contributed by atoms with van der Waals surface area (Å²) in [5.41, 5.74) is 1.41. The van der Waals surface area contributed by atoms with Crippen LogP contribution in [0.25, 0.3) is 0 Å². The highest BCUT2D eigenvalue weighted by Crippen LogP contribution is 2.36. The fourth-order valence-corrected chi connectivity index (χ4v) is 3.94. The van der Waals surface area contributed by atoms with Crippen molar-refractivity contribution in [1.82, 2.24) is 5.32 Å². The first-order valence-corrected chi connectivity index (χ1v) is 11.0. The van der Waals surface area contributed by atoms with Gasteiger partial charge in [0.15, 0.2) is 11.5 Å². The number of carbonyl (C=O) groups excluding carboxylic acids is 1. The van der Waals surface area contributed by atoms with Crippen LogP contribution in [-0.2, 0) is 21.4 Å². The van der Waals surface area contributed by atoms with E-state index in [2.05, 4.69) is 5.32 Å². The number of benzene rings is 2. The van der Waals surface area contributed by atoms with Crippen LogP contribution in [0.15, 0.2) is 42.5 Å². The van der Waals surface area contributed by atoms with Gasteiger partial charge in [0.1, 0.15) is 5.75 Å². The van der Waals surface area contributed by atoms with Crippen LogP contribution in [0.2, 0.25) is 0 Å². The van der Waals surface area contributed by atoms with Crippen LogP contribution in [-0.4, -0.2) is 41.0 Å². The van der Waals surface area contributed by atoms with Gasteiger partial charge in [0.2, 0.25) is 22.7 Å². The average Bonchev–Trinajstić information content (AvgIpc) is 3.16. The van der Waals surface area contributed by atoms with E-state index < -0.39 is 10.0 Å². The van der Waals surface area contributed by atoms with Crippen molar-refractivity contribution in [3.63, 3.8) is 0 Å². The second-order valence-corrected chi connectivity index (χ2v) is 8.51. The van der Waals surface area contributed by atoms with Crippen LogP contribution in [0.4, 0.5) is 5.69 Å². The molecule has 1 aliphatic heterocycles. The van der Waals surface area contributed by atoms with Crippen LogP contribution in [0.3, 0.4) is 0 Å². The van der Waals surface area contributed by atoms with Crippen molar-refractivity contribution < 1.29 is 27.4 Å². The Kier molecular flexibility index (Phi) is 6.48. The number of sulfonamides is 1. The lowest BCUT2D eigenvalue weighted by Gasteiger charge is -2.22. The summed E-state index contributed by atoms with van der Waals surface area (Å²) in [5, 5.41) is 2.84. The zero-order valence-electron chi connectivity index (χ0n) is 16.4. The Labute approximate surface area is 170 Å². The summed E-state index contributed by atoms with van der Waals surface area (Å²) in [5.74, 6) is 1.67. The molecule has 0 aliphatic carbocycles. The molecule has 0 saturated heterocycles. The van der Waals surface area contributed by atoms with Gasteiger partial charge in [0.25, 0.3) is 0 Å². The number of anilines is 1. The zero-order valence-corrected chi connectivity index (χ0v) is 17.2. The molecule has 1 N–H and O–H groups in total. The third-order valence-corrected chi connectivity index (χ3v) is 5.63. The molecule has 29 heavy (non-hydrogen) atoms. The molecule has 0 aromatic heterocycles. The topological polar surface area (TPSA) is 94.2 Å². The van der Waals surface area contributed by atoms with Gasteiger partial charge < -0.3 is 19.5 Å². The normalized spacial score (nSPS) is 12.5. The molecular weight excluding hydrogens is 396 g/mol. The molecule has 3 rings (SSSR count). The number of hydrogen-bond acceptors (Lipinski definition) is 6. The molecule has 0 bridgehead atoms. The molecule has 156 valence electrons. The van der Waals surface area contributed by atoms with Crippen LogP contribution in [0.5, 0.6) is 17.2 Å². The fourth-order valence-electron chi connectivity index (χ4n) is 2.98. The van der Waals surface area contributed by atoms with Crippen molar-refractivity contribution in [2.45, 2.75) is 19.4 Å². The number of amides is 1. The fraction of sp³-hybridized carbons (Fsp3) is 0.350. The molecule has 1 amide bonds. The number of carbonyl (C=O) groups is 1. The lowest BCUT2D eigenvalue weighted by atomic mass is 10.2. The minimum atomic E-state index is -3.50. The summed E-state index contributed by atoms with van der Waals surface area (Å²) >= 11 is 0. The van der Waals surface area contributed by atoms with E-state index in [1.165, 1.54) is 4.31 Å². The Morgan fingerprint density at radius 2 is 1.97 bits per heavy atom. The van der Waals surface area contributed by atoms with Gasteiger partial charge in [-0.25, -0.2) is 8.42 Å². The number of ether oxygens (including phenoxy) is 3. The predicted molar refractivity (Wildman–Crippen MR) is 109 cm³/mol. The Hall–Kier alpha value is -2.94. The summed E-state index contributed by atoms with van der Waals surface area (Å²) in [6, 6.07) is 12.4.